The zero-order valence-corrected chi connectivity index (χ0v) is 15.3. The topological polar surface area (TPSA) is 23.1 Å². The zero-order valence-electron chi connectivity index (χ0n) is 14.4. The third-order valence-electron chi connectivity index (χ3n) is 4.75. The van der Waals surface area contributed by atoms with Gasteiger partial charge in [0.25, 0.3) is 0 Å². The Labute approximate surface area is 146 Å². The van der Waals surface area contributed by atoms with Gasteiger partial charge < -0.3 is 4.55 Å². The molecule has 0 aliphatic heterocycles. The predicted octanol–water partition coefficient (Wildman–Crippen LogP) is 5.69. The second-order valence-corrected chi connectivity index (χ2v) is 7.51. The Hall–Kier alpha value is -1.84. The molecule has 0 aromatic heterocycles. The third-order valence-corrected chi connectivity index (χ3v) is 5.69. The van der Waals surface area contributed by atoms with Crippen LogP contribution in [0, 0.1) is 5.82 Å². The van der Waals surface area contributed by atoms with Crippen molar-refractivity contribution in [3.05, 3.63) is 70.5 Å². The Morgan fingerprint density at radius 2 is 1.75 bits per heavy atom. The number of halogens is 1. The van der Waals surface area contributed by atoms with Crippen LogP contribution in [0.5, 0.6) is 0 Å². The van der Waals surface area contributed by atoms with Gasteiger partial charge >= 0.3 is 0 Å². The minimum absolute atomic E-state index is 0.193. The molecule has 1 aliphatic carbocycles. The van der Waals surface area contributed by atoms with Crippen molar-refractivity contribution in [2.75, 3.05) is 6.26 Å². The first-order valence-electron chi connectivity index (χ1n) is 8.09. The quantitative estimate of drug-likeness (QED) is 0.658. The summed E-state index contributed by atoms with van der Waals surface area (Å²) in [5.74, 6) is -0.193. The van der Waals surface area contributed by atoms with Gasteiger partial charge in [0.05, 0.1) is 0 Å². The SMILES string of the molecule is CCC1=C(C)/C(=C(\C)c2ccc([S+](C)[O-])cc2)c2ccc(F)cc21. The summed E-state index contributed by atoms with van der Waals surface area (Å²) in [6.45, 7) is 6.32. The molecule has 0 radical (unpaired) electrons. The van der Waals surface area contributed by atoms with E-state index in [4.69, 9.17) is 0 Å². The van der Waals surface area contributed by atoms with Crippen LogP contribution in [0.15, 0.2) is 52.9 Å². The van der Waals surface area contributed by atoms with Crippen LogP contribution >= 0.6 is 0 Å². The lowest BCUT2D eigenvalue weighted by Crippen LogP contribution is -1.97. The van der Waals surface area contributed by atoms with Gasteiger partial charge in [0.15, 0.2) is 4.90 Å². The van der Waals surface area contributed by atoms with E-state index in [1.165, 1.54) is 22.8 Å². The Morgan fingerprint density at radius 3 is 2.33 bits per heavy atom. The molecule has 1 unspecified atom stereocenters. The summed E-state index contributed by atoms with van der Waals surface area (Å²) in [4.78, 5) is 0.826. The maximum Gasteiger partial charge on any atom is 0.152 e. The summed E-state index contributed by atoms with van der Waals surface area (Å²) in [5, 5.41) is 0. The fraction of sp³-hybridized carbons (Fsp3) is 0.238. The highest BCUT2D eigenvalue weighted by Crippen LogP contribution is 2.46. The summed E-state index contributed by atoms with van der Waals surface area (Å²) in [6.07, 6.45) is 2.56. The van der Waals surface area contributed by atoms with E-state index in [-0.39, 0.29) is 5.82 Å². The fourth-order valence-corrected chi connectivity index (χ4v) is 4.04. The molecule has 0 bridgehead atoms. The molecule has 0 spiro atoms. The second kappa shape index (κ2) is 6.58. The van der Waals surface area contributed by atoms with E-state index in [1.807, 2.05) is 30.3 Å². The van der Waals surface area contributed by atoms with Crippen LogP contribution in [0.25, 0.3) is 16.7 Å². The maximum atomic E-state index is 13.7. The summed E-state index contributed by atoms with van der Waals surface area (Å²) in [6, 6.07) is 12.9. The lowest BCUT2D eigenvalue weighted by molar-refractivity contribution is 0.601. The molecule has 124 valence electrons. The monoisotopic (exact) mass is 340 g/mol. The molecule has 2 aromatic carbocycles. The Balaban J connectivity index is 2.16. The Bertz CT molecular complexity index is 845. The molecule has 24 heavy (non-hydrogen) atoms. The van der Waals surface area contributed by atoms with Crippen molar-refractivity contribution in [3.8, 4) is 0 Å². The molecule has 1 aliphatic rings. The molecule has 0 saturated carbocycles. The van der Waals surface area contributed by atoms with Gasteiger partial charge in [-0.05, 0) is 107 Å². The lowest BCUT2D eigenvalue weighted by Gasteiger charge is -2.11. The van der Waals surface area contributed by atoms with Crippen molar-refractivity contribution in [2.24, 2.45) is 0 Å². The minimum atomic E-state index is -0.972. The first-order chi connectivity index (χ1) is 11.4. The number of benzene rings is 2. The standard InChI is InChI=1S/C21H21FOS/c1-5-18-14(3)21(19-11-8-16(22)12-20(18)19)13(2)15-6-9-17(10-7-15)24(4)23/h6-12H,5H2,1-4H3/b21-13-. The molecule has 3 rings (SSSR count). The average Bonchev–Trinajstić information content (AvgIpc) is 2.84. The zero-order chi connectivity index (χ0) is 17.4. The van der Waals surface area contributed by atoms with Gasteiger partial charge in [-0.2, -0.15) is 0 Å². The van der Waals surface area contributed by atoms with Gasteiger partial charge in [0, 0.05) is 0 Å². The number of rotatable bonds is 3. The molecular formula is C21H21FOS. The van der Waals surface area contributed by atoms with Gasteiger partial charge in [-0.3, -0.25) is 0 Å². The summed E-state index contributed by atoms with van der Waals surface area (Å²) >= 11 is -0.972. The molecular weight excluding hydrogens is 319 g/mol. The third kappa shape index (κ3) is 2.83. The smallest absolute Gasteiger partial charge is 0.152 e. The van der Waals surface area contributed by atoms with Crippen LogP contribution in [0.2, 0.25) is 0 Å². The molecule has 0 amide bonds. The first-order valence-corrected chi connectivity index (χ1v) is 9.65. The van der Waals surface area contributed by atoms with Crippen LogP contribution in [-0.2, 0) is 11.2 Å². The Kier molecular flexibility index (Phi) is 4.66. The summed E-state index contributed by atoms with van der Waals surface area (Å²) < 4.78 is 25.3. The highest BCUT2D eigenvalue weighted by molar-refractivity contribution is 7.90. The van der Waals surface area contributed by atoms with Gasteiger partial charge in [-0.1, -0.05) is 13.0 Å². The van der Waals surface area contributed by atoms with Crippen LogP contribution in [0.1, 0.15) is 43.9 Å². The minimum Gasteiger partial charge on any atom is -0.612 e. The van der Waals surface area contributed by atoms with Gasteiger partial charge in [0.1, 0.15) is 12.1 Å². The molecule has 0 saturated heterocycles. The number of fused-ring (bicyclic) bond motifs is 1. The molecule has 0 heterocycles. The van der Waals surface area contributed by atoms with E-state index < -0.39 is 11.2 Å². The van der Waals surface area contributed by atoms with Crippen LogP contribution in [0.3, 0.4) is 0 Å². The summed E-state index contributed by atoms with van der Waals surface area (Å²) in [5.41, 5.74) is 8.00. The van der Waals surface area contributed by atoms with Crippen molar-refractivity contribution in [3.63, 3.8) is 0 Å². The number of hydrogen-bond acceptors (Lipinski definition) is 1. The van der Waals surface area contributed by atoms with Crippen molar-refractivity contribution in [1.82, 2.24) is 0 Å². The lowest BCUT2D eigenvalue weighted by atomic mass is 9.94. The van der Waals surface area contributed by atoms with Crippen molar-refractivity contribution < 1.29 is 8.94 Å². The molecule has 1 nitrogen and oxygen atoms in total. The fourth-order valence-electron chi connectivity index (χ4n) is 3.52. The molecule has 0 N–H and O–H groups in total. The van der Waals surface area contributed by atoms with E-state index in [0.29, 0.717) is 0 Å². The largest absolute Gasteiger partial charge is 0.612 e. The van der Waals surface area contributed by atoms with E-state index in [1.54, 1.807) is 12.3 Å². The van der Waals surface area contributed by atoms with E-state index >= 15 is 0 Å². The maximum absolute atomic E-state index is 13.7. The predicted molar refractivity (Wildman–Crippen MR) is 101 cm³/mol. The van der Waals surface area contributed by atoms with Gasteiger partial charge in [-0.25, -0.2) is 4.39 Å². The molecule has 3 heteroatoms. The highest BCUT2D eigenvalue weighted by atomic mass is 32.2. The average molecular weight is 340 g/mol. The van der Waals surface area contributed by atoms with Gasteiger partial charge in [-0.15, -0.1) is 0 Å². The van der Waals surface area contributed by atoms with Crippen LogP contribution in [0.4, 0.5) is 4.39 Å². The normalized spacial score (nSPS) is 17.1. The number of hydrogen-bond donors (Lipinski definition) is 0. The van der Waals surface area contributed by atoms with Crippen molar-refractivity contribution in [2.45, 2.75) is 32.1 Å². The highest BCUT2D eigenvalue weighted by Gasteiger charge is 2.25. The molecule has 0 fully saturated rings. The number of allylic oxidation sites excluding steroid dienone is 4. The molecule has 2 aromatic rings. The first kappa shape index (κ1) is 17.0. The van der Waals surface area contributed by atoms with E-state index in [9.17, 15) is 8.94 Å². The van der Waals surface area contributed by atoms with Crippen LogP contribution < -0.4 is 0 Å². The second-order valence-electron chi connectivity index (χ2n) is 6.13. The van der Waals surface area contributed by atoms with E-state index in [2.05, 4.69) is 20.8 Å². The summed E-state index contributed by atoms with van der Waals surface area (Å²) in [7, 11) is 0. The van der Waals surface area contributed by atoms with Gasteiger partial charge in [0.2, 0.25) is 0 Å². The van der Waals surface area contributed by atoms with E-state index in [0.717, 1.165) is 33.6 Å². The van der Waals surface area contributed by atoms with Crippen molar-refractivity contribution in [1.29, 1.82) is 0 Å². The van der Waals surface area contributed by atoms with Crippen LogP contribution in [-0.4, -0.2) is 10.8 Å². The molecule has 1 atom stereocenters. The Morgan fingerprint density at radius 1 is 1.08 bits per heavy atom. The van der Waals surface area contributed by atoms with Crippen molar-refractivity contribution >= 4 is 27.9 Å².